The first-order valence-corrected chi connectivity index (χ1v) is 12.6. The molecule has 1 atom stereocenters. The molecule has 1 heterocycles. The predicted octanol–water partition coefficient (Wildman–Crippen LogP) is 5.69. The number of carbonyl (C=O) groups excluding carboxylic acids is 2. The first-order chi connectivity index (χ1) is 17.9. The van der Waals surface area contributed by atoms with Crippen molar-refractivity contribution in [1.29, 1.82) is 0 Å². The van der Waals surface area contributed by atoms with E-state index in [0.29, 0.717) is 47.0 Å². The number of rotatable bonds is 4. The van der Waals surface area contributed by atoms with Crippen LogP contribution in [0.15, 0.2) is 78.4 Å². The normalized spacial score (nSPS) is 15.9. The van der Waals surface area contributed by atoms with Crippen LogP contribution in [0.5, 0.6) is 5.75 Å². The van der Waals surface area contributed by atoms with Crippen molar-refractivity contribution in [3.8, 4) is 5.75 Å². The SMILES string of the molecule is Nc1ccc(NC(=O)c2ccc3c(c2)C=C(C(=O)N2CC(CCl)c4c2cc(O)c2ccccc42)C3)cc1. The van der Waals surface area contributed by atoms with Crippen LogP contribution in [-0.4, -0.2) is 29.3 Å². The maximum atomic E-state index is 13.7. The number of hydrogen-bond donors (Lipinski definition) is 3. The number of benzene rings is 4. The van der Waals surface area contributed by atoms with Crippen molar-refractivity contribution < 1.29 is 14.7 Å². The molecule has 7 heteroatoms. The molecule has 2 aliphatic rings. The highest BCUT2D eigenvalue weighted by Gasteiger charge is 2.36. The van der Waals surface area contributed by atoms with E-state index >= 15 is 0 Å². The second kappa shape index (κ2) is 8.98. The minimum atomic E-state index is -0.235. The number of phenols is 1. The average molecular weight is 510 g/mol. The van der Waals surface area contributed by atoms with Crippen LogP contribution in [0, 0.1) is 0 Å². The molecular formula is C30H24ClN3O3. The smallest absolute Gasteiger partial charge is 0.255 e. The zero-order chi connectivity index (χ0) is 25.7. The van der Waals surface area contributed by atoms with Gasteiger partial charge in [-0.05, 0) is 64.6 Å². The summed E-state index contributed by atoms with van der Waals surface area (Å²) in [6, 6.07) is 21.7. The molecule has 4 aromatic carbocycles. The number of anilines is 3. The van der Waals surface area contributed by atoms with E-state index in [1.807, 2.05) is 36.4 Å². The van der Waals surface area contributed by atoms with Crippen LogP contribution in [0.4, 0.5) is 17.1 Å². The highest BCUT2D eigenvalue weighted by atomic mass is 35.5. The lowest BCUT2D eigenvalue weighted by molar-refractivity contribution is -0.115. The molecule has 37 heavy (non-hydrogen) atoms. The molecule has 1 aliphatic heterocycles. The second-order valence-electron chi connectivity index (χ2n) is 9.48. The van der Waals surface area contributed by atoms with E-state index < -0.39 is 0 Å². The summed E-state index contributed by atoms with van der Waals surface area (Å²) in [4.78, 5) is 28.2. The molecule has 6 nitrogen and oxygen atoms in total. The molecule has 0 radical (unpaired) electrons. The number of nitrogens with one attached hydrogen (secondary N) is 1. The van der Waals surface area contributed by atoms with E-state index in [1.165, 1.54) is 0 Å². The summed E-state index contributed by atoms with van der Waals surface area (Å²) < 4.78 is 0. The number of nitrogen functional groups attached to an aromatic ring is 1. The van der Waals surface area contributed by atoms with Gasteiger partial charge in [0.05, 0.1) is 5.69 Å². The fraction of sp³-hybridized carbons (Fsp3) is 0.133. The molecule has 1 aliphatic carbocycles. The molecule has 0 aromatic heterocycles. The van der Waals surface area contributed by atoms with Crippen LogP contribution < -0.4 is 16.0 Å². The van der Waals surface area contributed by atoms with Crippen LogP contribution >= 0.6 is 11.6 Å². The van der Waals surface area contributed by atoms with E-state index in [4.69, 9.17) is 17.3 Å². The summed E-state index contributed by atoms with van der Waals surface area (Å²) in [5.41, 5.74) is 11.7. The third-order valence-corrected chi connectivity index (χ3v) is 7.51. The van der Waals surface area contributed by atoms with E-state index in [9.17, 15) is 14.7 Å². The number of aromatic hydroxyl groups is 1. The maximum Gasteiger partial charge on any atom is 0.255 e. The molecule has 0 saturated carbocycles. The number of phenolic OH excluding ortho intramolecular Hbond substituents is 1. The Morgan fingerprint density at radius 2 is 1.78 bits per heavy atom. The van der Waals surface area contributed by atoms with Crippen molar-refractivity contribution in [3.63, 3.8) is 0 Å². The van der Waals surface area contributed by atoms with E-state index in [-0.39, 0.29) is 23.5 Å². The predicted molar refractivity (Wildman–Crippen MR) is 148 cm³/mol. The number of hydrogen-bond acceptors (Lipinski definition) is 4. The molecule has 1 unspecified atom stereocenters. The molecule has 0 bridgehead atoms. The van der Waals surface area contributed by atoms with Crippen molar-refractivity contribution >= 4 is 57.3 Å². The Kier molecular flexibility index (Phi) is 5.61. The largest absolute Gasteiger partial charge is 0.507 e. The van der Waals surface area contributed by atoms with E-state index in [0.717, 1.165) is 27.5 Å². The van der Waals surface area contributed by atoms with E-state index in [2.05, 4.69) is 5.32 Å². The minimum absolute atomic E-state index is 0.0286. The number of carbonyl (C=O) groups is 2. The number of amides is 2. The summed E-state index contributed by atoms with van der Waals surface area (Å²) in [6.07, 6.45) is 2.33. The number of nitrogens with two attached hydrogens (primary N) is 1. The Morgan fingerprint density at radius 3 is 2.54 bits per heavy atom. The molecule has 0 fully saturated rings. The zero-order valence-electron chi connectivity index (χ0n) is 19.9. The summed E-state index contributed by atoms with van der Waals surface area (Å²) >= 11 is 6.33. The fourth-order valence-corrected chi connectivity index (χ4v) is 5.55. The summed E-state index contributed by atoms with van der Waals surface area (Å²) in [6.45, 7) is 0.452. The topological polar surface area (TPSA) is 95.7 Å². The molecule has 0 saturated heterocycles. The average Bonchev–Trinajstić information content (AvgIpc) is 3.51. The maximum absolute atomic E-state index is 13.7. The van der Waals surface area contributed by atoms with Crippen molar-refractivity contribution in [2.45, 2.75) is 12.3 Å². The third kappa shape index (κ3) is 3.99. The Morgan fingerprint density at radius 1 is 1.03 bits per heavy atom. The monoisotopic (exact) mass is 509 g/mol. The standard InChI is InChI=1S/C30H24ClN3O3/c31-15-21-16-34(26-14-27(35)24-3-1-2-4-25(24)28(21)26)30(37)20-11-17-5-6-18(12-19(17)13-20)29(36)33-23-9-7-22(32)8-10-23/h1-10,12-14,21,35H,11,15-16,32H2,(H,33,36). The van der Waals surface area contributed by atoms with Gasteiger partial charge in [-0.25, -0.2) is 0 Å². The first kappa shape index (κ1) is 23.1. The van der Waals surface area contributed by atoms with Crippen LogP contribution in [0.1, 0.15) is 33.0 Å². The van der Waals surface area contributed by atoms with Crippen LogP contribution in [0.3, 0.4) is 0 Å². The molecule has 2 amide bonds. The Balaban J connectivity index is 1.28. The second-order valence-corrected chi connectivity index (χ2v) is 9.79. The molecule has 184 valence electrons. The van der Waals surface area contributed by atoms with Gasteiger partial charge in [-0.2, -0.15) is 0 Å². The molecule has 0 spiro atoms. The Labute approximate surface area is 219 Å². The summed E-state index contributed by atoms with van der Waals surface area (Å²) in [5, 5.41) is 15.2. The summed E-state index contributed by atoms with van der Waals surface area (Å²) in [5.74, 6) is 0.133. The lowest BCUT2D eigenvalue weighted by Crippen LogP contribution is -2.31. The lowest BCUT2D eigenvalue weighted by atomic mass is 9.95. The van der Waals surface area contributed by atoms with Gasteiger partial charge in [-0.15, -0.1) is 11.6 Å². The molecule has 4 aromatic rings. The van der Waals surface area contributed by atoms with Gasteiger partial charge in [-0.3, -0.25) is 9.59 Å². The quantitative estimate of drug-likeness (QED) is 0.243. The van der Waals surface area contributed by atoms with Gasteiger partial charge >= 0.3 is 0 Å². The number of nitrogens with zero attached hydrogens (tertiary/aromatic N) is 1. The van der Waals surface area contributed by atoms with Gasteiger partial charge in [0.15, 0.2) is 0 Å². The number of halogens is 1. The van der Waals surface area contributed by atoms with Gasteiger partial charge in [0.25, 0.3) is 11.8 Å². The van der Waals surface area contributed by atoms with Gasteiger partial charge in [0, 0.05) is 58.7 Å². The van der Waals surface area contributed by atoms with Crippen molar-refractivity contribution in [2.75, 3.05) is 28.4 Å². The highest BCUT2D eigenvalue weighted by Crippen LogP contribution is 2.46. The lowest BCUT2D eigenvalue weighted by Gasteiger charge is -2.19. The minimum Gasteiger partial charge on any atom is -0.507 e. The van der Waals surface area contributed by atoms with Crippen molar-refractivity contribution in [1.82, 2.24) is 0 Å². The third-order valence-electron chi connectivity index (χ3n) is 7.14. The van der Waals surface area contributed by atoms with E-state index in [1.54, 1.807) is 47.4 Å². The Hall–Kier alpha value is -4.29. The van der Waals surface area contributed by atoms with Crippen LogP contribution in [0.2, 0.25) is 0 Å². The van der Waals surface area contributed by atoms with Crippen molar-refractivity contribution in [2.24, 2.45) is 0 Å². The van der Waals surface area contributed by atoms with Crippen LogP contribution in [-0.2, 0) is 11.2 Å². The number of fused-ring (bicyclic) bond motifs is 4. The fourth-order valence-electron chi connectivity index (χ4n) is 5.30. The molecule has 4 N–H and O–H groups in total. The zero-order valence-corrected chi connectivity index (χ0v) is 20.6. The molecular weight excluding hydrogens is 486 g/mol. The van der Waals surface area contributed by atoms with Crippen molar-refractivity contribution in [3.05, 3.63) is 101 Å². The van der Waals surface area contributed by atoms with Gasteiger partial charge in [-0.1, -0.05) is 30.3 Å². The highest BCUT2D eigenvalue weighted by molar-refractivity contribution is 6.19. The van der Waals surface area contributed by atoms with Gasteiger partial charge in [0.2, 0.25) is 0 Å². The van der Waals surface area contributed by atoms with Gasteiger partial charge < -0.3 is 21.1 Å². The first-order valence-electron chi connectivity index (χ1n) is 12.1. The van der Waals surface area contributed by atoms with Gasteiger partial charge in [0.1, 0.15) is 5.75 Å². The van der Waals surface area contributed by atoms with Crippen LogP contribution in [0.25, 0.3) is 16.8 Å². The number of alkyl halides is 1. The molecule has 6 rings (SSSR count). The summed E-state index contributed by atoms with van der Waals surface area (Å²) in [7, 11) is 0. The Bertz CT molecular complexity index is 1610.